The summed E-state index contributed by atoms with van der Waals surface area (Å²) in [7, 11) is 0. The number of carbonyl (C=O) groups is 1. The molecule has 1 aliphatic heterocycles. The second-order valence-electron chi connectivity index (χ2n) is 7.54. The lowest BCUT2D eigenvalue weighted by Crippen LogP contribution is -2.44. The van der Waals surface area contributed by atoms with E-state index in [9.17, 15) is 4.79 Å². The summed E-state index contributed by atoms with van der Waals surface area (Å²) in [6.07, 6.45) is 9.97. The maximum atomic E-state index is 12.2. The lowest BCUT2D eigenvalue weighted by Gasteiger charge is -2.33. The van der Waals surface area contributed by atoms with Gasteiger partial charge in [0, 0.05) is 29.7 Å². The van der Waals surface area contributed by atoms with Crippen LogP contribution in [0, 0.1) is 0 Å². The number of carbonyl (C=O) groups excluding carboxylic acids is 1. The van der Waals surface area contributed by atoms with Gasteiger partial charge in [0.15, 0.2) is 5.82 Å². The van der Waals surface area contributed by atoms with E-state index >= 15 is 0 Å². The molecular weight excluding hydrogens is 416 g/mol. The van der Waals surface area contributed by atoms with Gasteiger partial charge in [-0.1, -0.05) is 28.1 Å². The van der Waals surface area contributed by atoms with Gasteiger partial charge < -0.3 is 10.2 Å². The van der Waals surface area contributed by atoms with Crippen LogP contribution >= 0.6 is 15.9 Å². The number of nitrogens with one attached hydrogen (secondary N) is 1. The predicted octanol–water partition coefficient (Wildman–Crippen LogP) is 3.92. The minimum Gasteiger partial charge on any atom is -0.355 e. The number of aromatic nitrogens is 2. The van der Waals surface area contributed by atoms with Gasteiger partial charge in [-0.2, -0.15) is 5.10 Å². The Balaban J connectivity index is 1.28. The molecule has 1 aliphatic carbocycles. The van der Waals surface area contributed by atoms with E-state index in [0.717, 1.165) is 54.6 Å². The molecule has 0 unspecified atom stereocenters. The molecule has 28 heavy (non-hydrogen) atoms. The molecular formula is C22H25BrN4O. The van der Waals surface area contributed by atoms with E-state index in [1.165, 1.54) is 24.1 Å². The largest absolute Gasteiger partial charge is 0.355 e. The van der Waals surface area contributed by atoms with Crippen molar-refractivity contribution in [1.82, 2.24) is 15.5 Å². The minimum atomic E-state index is -0.0325. The number of rotatable bonds is 4. The first-order valence-corrected chi connectivity index (χ1v) is 10.8. The molecule has 0 saturated carbocycles. The van der Waals surface area contributed by atoms with Crippen LogP contribution in [0.25, 0.3) is 6.08 Å². The van der Waals surface area contributed by atoms with Crippen LogP contribution in [0.2, 0.25) is 0 Å². The van der Waals surface area contributed by atoms with Crippen molar-refractivity contribution in [1.29, 1.82) is 0 Å². The number of anilines is 1. The summed E-state index contributed by atoms with van der Waals surface area (Å²) in [5.41, 5.74) is 3.55. The van der Waals surface area contributed by atoms with Crippen LogP contribution in [-0.4, -0.2) is 35.2 Å². The summed E-state index contributed by atoms with van der Waals surface area (Å²) in [6.45, 7) is 1.80. The SMILES string of the molecule is O=C(C=Cc1ccc(Br)cc1)NC1CCN(c2cc3c(nn2)CCCC3)CC1. The molecule has 1 N–H and O–H groups in total. The lowest BCUT2D eigenvalue weighted by atomic mass is 9.96. The van der Waals surface area contributed by atoms with Gasteiger partial charge in [-0.25, -0.2) is 0 Å². The number of hydrogen-bond acceptors (Lipinski definition) is 4. The van der Waals surface area contributed by atoms with Gasteiger partial charge in [-0.05, 0) is 73.9 Å². The number of hydrogen-bond donors (Lipinski definition) is 1. The van der Waals surface area contributed by atoms with Crippen LogP contribution in [-0.2, 0) is 17.6 Å². The van der Waals surface area contributed by atoms with Crippen molar-refractivity contribution in [2.24, 2.45) is 0 Å². The van der Waals surface area contributed by atoms with Crippen molar-refractivity contribution in [2.45, 2.75) is 44.6 Å². The van der Waals surface area contributed by atoms with Crippen LogP contribution in [0.5, 0.6) is 0 Å². The molecule has 4 rings (SSSR count). The zero-order chi connectivity index (χ0) is 19.3. The maximum Gasteiger partial charge on any atom is 0.244 e. The molecule has 2 aromatic rings. The first-order chi connectivity index (χ1) is 13.7. The summed E-state index contributed by atoms with van der Waals surface area (Å²) in [6, 6.07) is 10.3. The van der Waals surface area contributed by atoms with Crippen molar-refractivity contribution < 1.29 is 4.79 Å². The van der Waals surface area contributed by atoms with Gasteiger partial charge in [0.1, 0.15) is 0 Å². The van der Waals surface area contributed by atoms with Crippen LogP contribution in [0.15, 0.2) is 40.9 Å². The first-order valence-electron chi connectivity index (χ1n) is 10.0. The number of benzene rings is 1. The smallest absolute Gasteiger partial charge is 0.244 e. The van der Waals surface area contributed by atoms with Gasteiger partial charge in [0.25, 0.3) is 0 Å². The Bertz CT molecular complexity index is 857. The molecule has 0 bridgehead atoms. The third-order valence-corrected chi connectivity index (χ3v) is 6.05. The predicted molar refractivity (Wildman–Crippen MR) is 115 cm³/mol. The van der Waals surface area contributed by atoms with E-state index in [1.807, 2.05) is 30.3 Å². The van der Waals surface area contributed by atoms with Crippen molar-refractivity contribution in [3.63, 3.8) is 0 Å². The number of nitrogens with zero attached hydrogens (tertiary/aromatic N) is 3. The molecule has 1 saturated heterocycles. The number of fused-ring (bicyclic) bond motifs is 1. The van der Waals surface area contributed by atoms with Gasteiger partial charge in [-0.15, -0.1) is 5.10 Å². The number of aryl methyl sites for hydroxylation is 2. The van der Waals surface area contributed by atoms with Crippen LogP contribution in [0.3, 0.4) is 0 Å². The Labute approximate surface area is 174 Å². The summed E-state index contributed by atoms with van der Waals surface area (Å²) < 4.78 is 1.03. The molecule has 5 nitrogen and oxygen atoms in total. The Kier molecular flexibility index (Phi) is 6.05. The van der Waals surface area contributed by atoms with Crippen molar-refractivity contribution >= 4 is 33.7 Å². The summed E-state index contributed by atoms with van der Waals surface area (Å²) in [5.74, 6) is 0.954. The topological polar surface area (TPSA) is 58.1 Å². The number of amides is 1. The molecule has 1 amide bonds. The summed E-state index contributed by atoms with van der Waals surface area (Å²) in [5, 5.41) is 12.0. The van der Waals surface area contributed by atoms with Gasteiger partial charge in [0.2, 0.25) is 5.91 Å². The molecule has 146 valence electrons. The highest BCUT2D eigenvalue weighted by Crippen LogP contribution is 2.24. The fourth-order valence-electron chi connectivity index (χ4n) is 3.88. The highest BCUT2D eigenvalue weighted by Gasteiger charge is 2.22. The fraction of sp³-hybridized carbons (Fsp3) is 0.409. The van der Waals surface area contributed by atoms with E-state index in [4.69, 9.17) is 0 Å². The van der Waals surface area contributed by atoms with Gasteiger partial charge in [0.05, 0.1) is 5.69 Å². The quantitative estimate of drug-likeness (QED) is 0.731. The first kappa shape index (κ1) is 19.1. The standard InChI is InChI=1S/C22H25BrN4O/c23-18-8-5-16(6-9-18)7-10-22(28)24-19-11-13-27(14-12-19)21-15-17-3-1-2-4-20(17)25-26-21/h5-10,15,19H,1-4,11-14H2,(H,24,28). The number of piperidine rings is 1. The molecule has 0 spiro atoms. The molecule has 1 aromatic heterocycles. The van der Waals surface area contributed by atoms with Crippen LogP contribution in [0.1, 0.15) is 42.5 Å². The zero-order valence-electron chi connectivity index (χ0n) is 15.9. The molecule has 6 heteroatoms. The summed E-state index contributed by atoms with van der Waals surface area (Å²) in [4.78, 5) is 14.5. The summed E-state index contributed by atoms with van der Waals surface area (Å²) >= 11 is 3.42. The monoisotopic (exact) mass is 440 g/mol. The van der Waals surface area contributed by atoms with Crippen molar-refractivity contribution in [3.05, 3.63) is 57.7 Å². The van der Waals surface area contributed by atoms with Gasteiger partial charge >= 0.3 is 0 Å². The van der Waals surface area contributed by atoms with Crippen molar-refractivity contribution in [2.75, 3.05) is 18.0 Å². The normalized spacial score (nSPS) is 17.5. The average Bonchev–Trinajstić information content (AvgIpc) is 2.73. The minimum absolute atomic E-state index is 0.0325. The molecule has 2 heterocycles. The Morgan fingerprint density at radius 2 is 1.86 bits per heavy atom. The van der Waals surface area contributed by atoms with Crippen LogP contribution < -0.4 is 10.2 Å². The molecule has 2 aliphatic rings. The second-order valence-corrected chi connectivity index (χ2v) is 8.45. The Hall–Kier alpha value is -2.21. The number of halogens is 1. The third-order valence-electron chi connectivity index (χ3n) is 5.52. The Morgan fingerprint density at radius 3 is 2.64 bits per heavy atom. The van der Waals surface area contributed by atoms with Crippen molar-refractivity contribution in [3.8, 4) is 0 Å². The second kappa shape index (κ2) is 8.86. The van der Waals surface area contributed by atoms with E-state index in [1.54, 1.807) is 6.08 Å². The zero-order valence-corrected chi connectivity index (χ0v) is 17.5. The van der Waals surface area contributed by atoms with E-state index in [2.05, 4.69) is 42.4 Å². The fourth-order valence-corrected chi connectivity index (χ4v) is 4.15. The van der Waals surface area contributed by atoms with E-state index in [0.29, 0.717) is 0 Å². The van der Waals surface area contributed by atoms with E-state index in [-0.39, 0.29) is 11.9 Å². The molecule has 1 fully saturated rings. The highest BCUT2D eigenvalue weighted by atomic mass is 79.9. The third kappa shape index (κ3) is 4.79. The lowest BCUT2D eigenvalue weighted by molar-refractivity contribution is -0.117. The van der Waals surface area contributed by atoms with E-state index < -0.39 is 0 Å². The molecule has 0 atom stereocenters. The van der Waals surface area contributed by atoms with Crippen LogP contribution in [0.4, 0.5) is 5.82 Å². The molecule has 1 aromatic carbocycles. The Morgan fingerprint density at radius 1 is 1.11 bits per heavy atom. The molecule has 0 radical (unpaired) electrons. The maximum absolute atomic E-state index is 12.2. The average molecular weight is 441 g/mol. The van der Waals surface area contributed by atoms with Gasteiger partial charge in [-0.3, -0.25) is 4.79 Å². The highest BCUT2D eigenvalue weighted by molar-refractivity contribution is 9.10.